The van der Waals surface area contributed by atoms with Gasteiger partial charge in [0, 0.05) is 18.6 Å². The summed E-state index contributed by atoms with van der Waals surface area (Å²) in [5.74, 6) is 0. The van der Waals surface area contributed by atoms with E-state index in [0.29, 0.717) is 6.04 Å². The number of hydrogen-bond donors (Lipinski definition) is 1. The fourth-order valence-electron chi connectivity index (χ4n) is 2.18. The molecule has 1 saturated carbocycles. The molecule has 84 valence electrons. The highest BCUT2D eigenvalue weighted by Crippen LogP contribution is 2.34. The second-order valence-electron chi connectivity index (χ2n) is 4.28. The van der Waals surface area contributed by atoms with Crippen LogP contribution in [0.25, 0.3) is 0 Å². The molecule has 1 unspecified atom stereocenters. The quantitative estimate of drug-likeness (QED) is 0.805. The maximum absolute atomic E-state index is 5.92. The third kappa shape index (κ3) is 2.60. The van der Waals surface area contributed by atoms with Crippen molar-refractivity contribution in [2.75, 3.05) is 13.1 Å². The second-order valence-corrected chi connectivity index (χ2v) is 5.06. The van der Waals surface area contributed by atoms with Gasteiger partial charge < -0.3 is 5.73 Å². The SMILES string of the molecule is CCCN(C1CC1)C(CN)c1ccsc1. The van der Waals surface area contributed by atoms with Crippen LogP contribution in [0.4, 0.5) is 0 Å². The van der Waals surface area contributed by atoms with E-state index in [9.17, 15) is 0 Å². The Hall–Kier alpha value is -0.380. The molecule has 15 heavy (non-hydrogen) atoms. The molecule has 1 fully saturated rings. The van der Waals surface area contributed by atoms with E-state index in [1.165, 1.54) is 31.4 Å². The Kier molecular flexibility index (Phi) is 3.78. The van der Waals surface area contributed by atoms with E-state index in [0.717, 1.165) is 12.6 Å². The minimum absolute atomic E-state index is 0.448. The van der Waals surface area contributed by atoms with E-state index < -0.39 is 0 Å². The average Bonchev–Trinajstić information content (AvgIpc) is 2.96. The first-order valence-corrected chi connectivity index (χ1v) is 6.79. The van der Waals surface area contributed by atoms with Crippen molar-refractivity contribution in [1.29, 1.82) is 0 Å². The molecule has 1 atom stereocenters. The number of nitrogens with two attached hydrogens (primary N) is 1. The number of thiophene rings is 1. The number of nitrogens with zero attached hydrogens (tertiary/aromatic N) is 1. The Balaban J connectivity index is 2.08. The van der Waals surface area contributed by atoms with E-state index >= 15 is 0 Å². The van der Waals surface area contributed by atoms with Crippen molar-refractivity contribution in [3.63, 3.8) is 0 Å². The molecule has 0 amide bonds. The van der Waals surface area contributed by atoms with E-state index in [1.54, 1.807) is 11.3 Å². The van der Waals surface area contributed by atoms with E-state index in [2.05, 4.69) is 28.7 Å². The fourth-order valence-corrected chi connectivity index (χ4v) is 2.89. The summed E-state index contributed by atoms with van der Waals surface area (Å²) in [4.78, 5) is 2.60. The smallest absolute Gasteiger partial charge is 0.0481 e. The zero-order chi connectivity index (χ0) is 10.7. The van der Waals surface area contributed by atoms with Crippen LogP contribution in [0.15, 0.2) is 16.8 Å². The number of rotatable bonds is 6. The van der Waals surface area contributed by atoms with Crippen LogP contribution in [-0.2, 0) is 0 Å². The Morgan fingerprint density at radius 3 is 2.87 bits per heavy atom. The van der Waals surface area contributed by atoms with Gasteiger partial charge in [0.1, 0.15) is 0 Å². The van der Waals surface area contributed by atoms with Crippen molar-refractivity contribution in [2.24, 2.45) is 5.73 Å². The molecule has 1 aromatic heterocycles. The first-order chi connectivity index (χ1) is 7.36. The summed E-state index contributed by atoms with van der Waals surface area (Å²) in [7, 11) is 0. The van der Waals surface area contributed by atoms with Gasteiger partial charge in [0.05, 0.1) is 0 Å². The summed E-state index contributed by atoms with van der Waals surface area (Å²) in [5, 5.41) is 4.39. The maximum atomic E-state index is 5.92. The first kappa shape index (κ1) is 11.1. The van der Waals surface area contributed by atoms with Gasteiger partial charge in [-0.3, -0.25) is 4.90 Å². The standard InChI is InChI=1S/C12H20N2S/c1-2-6-14(11-3-4-11)12(8-13)10-5-7-15-9-10/h5,7,9,11-12H,2-4,6,8,13H2,1H3. The molecule has 1 aliphatic carbocycles. The third-order valence-corrected chi connectivity index (χ3v) is 3.75. The molecule has 0 saturated heterocycles. The highest BCUT2D eigenvalue weighted by atomic mass is 32.1. The Morgan fingerprint density at radius 1 is 1.60 bits per heavy atom. The minimum atomic E-state index is 0.448. The lowest BCUT2D eigenvalue weighted by Crippen LogP contribution is -2.35. The molecule has 2 nitrogen and oxygen atoms in total. The topological polar surface area (TPSA) is 29.3 Å². The van der Waals surface area contributed by atoms with Crippen LogP contribution in [0, 0.1) is 0 Å². The van der Waals surface area contributed by atoms with Crippen molar-refractivity contribution >= 4 is 11.3 Å². The lowest BCUT2D eigenvalue weighted by Gasteiger charge is -2.30. The fraction of sp³-hybridized carbons (Fsp3) is 0.667. The van der Waals surface area contributed by atoms with Gasteiger partial charge in [0.15, 0.2) is 0 Å². The third-order valence-electron chi connectivity index (χ3n) is 3.05. The molecule has 0 aromatic carbocycles. The van der Waals surface area contributed by atoms with Gasteiger partial charge >= 0.3 is 0 Å². The highest BCUT2D eigenvalue weighted by molar-refractivity contribution is 7.07. The molecular weight excluding hydrogens is 204 g/mol. The molecule has 1 heterocycles. The summed E-state index contributed by atoms with van der Waals surface area (Å²) >= 11 is 1.77. The molecule has 1 aliphatic rings. The van der Waals surface area contributed by atoms with Gasteiger partial charge in [-0.1, -0.05) is 6.92 Å². The van der Waals surface area contributed by atoms with Crippen LogP contribution in [0.3, 0.4) is 0 Å². The summed E-state index contributed by atoms with van der Waals surface area (Å²) < 4.78 is 0. The van der Waals surface area contributed by atoms with Crippen LogP contribution >= 0.6 is 11.3 Å². The van der Waals surface area contributed by atoms with Crippen LogP contribution in [0.5, 0.6) is 0 Å². The molecule has 0 aliphatic heterocycles. The van der Waals surface area contributed by atoms with E-state index in [1.807, 2.05) is 0 Å². The van der Waals surface area contributed by atoms with Crippen molar-refractivity contribution in [2.45, 2.75) is 38.3 Å². The zero-order valence-electron chi connectivity index (χ0n) is 9.36. The summed E-state index contributed by atoms with van der Waals surface area (Å²) in [6.07, 6.45) is 3.94. The molecule has 0 spiro atoms. The van der Waals surface area contributed by atoms with Gasteiger partial charge in [-0.15, -0.1) is 0 Å². The van der Waals surface area contributed by atoms with Crippen LogP contribution in [-0.4, -0.2) is 24.0 Å². The lowest BCUT2D eigenvalue weighted by molar-refractivity contribution is 0.192. The van der Waals surface area contributed by atoms with Crippen molar-refractivity contribution < 1.29 is 0 Å². The second kappa shape index (κ2) is 5.10. The monoisotopic (exact) mass is 224 g/mol. The first-order valence-electron chi connectivity index (χ1n) is 5.84. The van der Waals surface area contributed by atoms with E-state index in [-0.39, 0.29) is 0 Å². The molecule has 2 rings (SSSR count). The normalized spacial score (nSPS) is 18.3. The molecule has 2 N–H and O–H groups in total. The molecule has 1 aromatic rings. The van der Waals surface area contributed by atoms with Crippen molar-refractivity contribution in [3.05, 3.63) is 22.4 Å². The lowest BCUT2D eigenvalue weighted by atomic mass is 10.1. The van der Waals surface area contributed by atoms with Crippen molar-refractivity contribution in [1.82, 2.24) is 4.90 Å². The van der Waals surface area contributed by atoms with Crippen molar-refractivity contribution in [3.8, 4) is 0 Å². The van der Waals surface area contributed by atoms with Gasteiger partial charge in [-0.2, -0.15) is 11.3 Å². The maximum Gasteiger partial charge on any atom is 0.0481 e. The summed E-state index contributed by atoms with van der Waals surface area (Å²) in [6, 6.07) is 3.47. The van der Waals surface area contributed by atoms with Gasteiger partial charge in [0.25, 0.3) is 0 Å². The largest absolute Gasteiger partial charge is 0.329 e. The molecular formula is C12H20N2S. The molecule has 0 bridgehead atoms. The predicted molar refractivity (Wildman–Crippen MR) is 66.1 cm³/mol. The number of hydrogen-bond acceptors (Lipinski definition) is 3. The Labute approximate surface area is 96.1 Å². The summed E-state index contributed by atoms with van der Waals surface area (Å²) in [5.41, 5.74) is 7.33. The predicted octanol–water partition coefficient (Wildman–Crippen LogP) is 2.62. The average molecular weight is 224 g/mol. The van der Waals surface area contributed by atoms with E-state index in [4.69, 9.17) is 5.73 Å². The zero-order valence-corrected chi connectivity index (χ0v) is 10.2. The van der Waals surface area contributed by atoms with Crippen LogP contribution in [0.1, 0.15) is 37.8 Å². The summed E-state index contributed by atoms with van der Waals surface area (Å²) in [6.45, 7) is 4.17. The highest BCUT2D eigenvalue weighted by Gasteiger charge is 2.33. The van der Waals surface area contributed by atoms with Gasteiger partial charge in [0.2, 0.25) is 0 Å². The van der Waals surface area contributed by atoms with Crippen LogP contribution < -0.4 is 5.73 Å². The Morgan fingerprint density at radius 2 is 2.40 bits per heavy atom. The van der Waals surface area contributed by atoms with Gasteiger partial charge in [-0.05, 0) is 48.2 Å². The Bertz CT molecular complexity index is 280. The minimum Gasteiger partial charge on any atom is -0.329 e. The molecule has 0 radical (unpaired) electrons. The van der Waals surface area contributed by atoms with Gasteiger partial charge in [-0.25, -0.2) is 0 Å². The van der Waals surface area contributed by atoms with Crippen LogP contribution in [0.2, 0.25) is 0 Å². The molecule has 3 heteroatoms.